The number of rotatable bonds is 4. The number of piperidine rings is 1. The highest BCUT2D eigenvalue weighted by molar-refractivity contribution is 6.32. The van der Waals surface area contributed by atoms with E-state index in [-0.39, 0.29) is 23.7 Å². The first-order valence-electron chi connectivity index (χ1n) is 9.69. The minimum atomic E-state index is -0.221. The lowest BCUT2D eigenvalue weighted by atomic mass is 10.0. The van der Waals surface area contributed by atoms with E-state index in [0.29, 0.717) is 48.0 Å². The number of amides is 2. The highest BCUT2D eigenvalue weighted by Crippen LogP contribution is 2.21. The van der Waals surface area contributed by atoms with E-state index in [4.69, 9.17) is 11.6 Å². The zero-order valence-corrected chi connectivity index (χ0v) is 17.5. The number of carbonyl (C=O) groups is 2. The molecule has 9 nitrogen and oxygen atoms in total. The molecule has 3 heterocycles. The average Bonchev–Trinajstić information content (AvgIpc) is 3.34. The Hall–Kier alpha value is -3.20. The van der Waals surface area contributed by atoms with Crippen LogP contribution in [0.5, 0.6) is 0 Å². The Bertz CT molecular complexity index is 1080. The number of aryl methyl sites for hydroxylation is 2. The maximum Gasteiger partial charge on any atom is 0.293 e. The number of nitrogens with one attached hydrogen (secondary N) is 1. The van der Waals surface area contributed by atoms with Crippen LogP contribution in [0.4, 0.5) is 0 Å². The Morgan fingerprint density at radius 1 is 1.20 bits per heavy atom. The maximum absolute atomic E-state index is 12.9. The molecule has 1 fully saturated rings. The smallest absolute Gasteiger partial charge is 0.293 e. The van der Waals surface area contributed by atoms with E-state index in [9.17, 15) is 9.59 Å². The fourth-order valence-corrected chi connectivity index (χ4v) is 3.72. The number of benzene rings is 1. The Kier molecular flexibility index (Phi) is 5.54. The van der Waals surface area contributed by atoms with Crippen LogP contribution in [0.1, 0.15) is 39.6 Å². The number of carbonyl (C=O) groups excluding carboxylic acids is 2. The molecule has 1 aliphatic rings. The molecule has 2 aromatic heterocycles. The summed E-state index contributed by atoms with van der Waals surface area (Å²) in [6.45, 7) is 2.83. The van der Waals surface area contributed by atoms with Crippen LogP contribution in [0.3, 0.4) is 0 Å². The zero-order valence-electron chi connectivity index (χ0n) is 16.7. The molecule has 1 aromatic carbocycles. The van der Waals surface area contributed by atoms with Gasteiger partial charge in [0.1, 0.15) is 5.82 Å². The van der Waals surface area contributed by atoms with Crippen molar-refractivity contribution in [1.82, 2.24) is 34.8 Å². The van der Waals surface area contributed by atoms with Gasteiger partial charge in [-0.05, 0) is 31.9 Å². The van der Waals surface area contributed by atoms with Gasteiger partial charge >= 0.3 is 0 Å². The van der Waals surface area contributed by atoms with Gasteiger partial charge in [-0.25, -0.2) is 9.67 Å². The van der Waals surface area contributed by atoms with Gasteiger partial charge in [0.2, 0.25) is 5.82 Å². The summed E-state index contributed by atoms with van der Waals surface area (Å²) in [5.41, 5.74) is 1.21. The number of likely N-dealkylation sites (tertiary alicyclic amines) is 1. The molecule has 0 saturated carbocycles. The molecular weight excluding hydrogens is 406 g/mol. The molecule has 3 aromatic rings. The van der Waals surface area contributed by atoms with Gasteiger partial charge in [-0.2, -0.15) is 5.10 Å². The van der Waals surface area contributed by atoms with Crippen LogP contribution in [0, 0.1) is 6.92 Å². The van der Waals surface area contributed by atoms with Crippen LogP contribution in [0.15, 0.2) is 36.7 Å². The lowest BCUT2D eigenvalue weighted by Gasteiger charge is -2.31. The van der Waals surface area contributed by atoms with Crippen LogP contribution in [0.2, 0.25) is 5.02 Å². The van der Waals surface area contributed by atoms with E-state index in [1.165, 1.54) is 6.20 Å². The molecule has 0 spiro atoms. The van der Waals surface area contributed by atoms with Crippen molar-refractivity contribution in [3.05, 3.63) is 58.9 Å². The molecule has 0 unspecified atom stereocenters. The van der Waals surface area contributed by atoms with E-state index in [0.717, 1.165) is 0 Å². The highest BCUT2D eigenvalue weighted by Gasteiger charge is 2.28. The number of para-hydroxylation sites is 1. The molecule has 10 heteroatoms. The molecule has 0 radical (unpaired) electrons. The Morgan fingerprint density at radius 3 is 2.60 bits per heavy atom. The van der Waals surface area contributed by atoms with E-state index < -0.39 is 0 Å². The molecular formula is C20H22ClN7O2. The van der Waals surface area contributed by atoms with Gasteiger partial charge in [0.15, 0.2) is 0 Å². The summed E-state index contributed by atoms with van der Waals surface area (Å²) in [6.07, 6.45) is 4.55. The van der Waals surface area contributed by atoms with Crippen molar-refractivity contribution in [2.75, 3.05) is 13.1 Å². The van der Waals surface area contributed by atoms with Gasteiger partial charge in [-0.3, -0.25) is 14.3 Å². The highest BCUT2D eigenvalue weighted by atomic mass is 35.5. The van der Waals surface area contributed by atoms with Crippen LogP contribution >= 0.6 is 11.6 Å². The molecule has 0 aliphatic carbocycles. The van der Waals surface area contributed by atoms with Gasteiger partial charge < -0.3 is 10.2 Å². The predicted molar refractivity (Wildman–Crippen MR) is 111 cm³/mol. The van der Waals surface area contributed by atoms with Gasteiger partial charge in [0.25, 0.3) is 11.8 Å². The number of hydrogen-bond donors (Lipinski definition) is 1. The minimum absolute atomic E-state index is 0.0112. The van der Waals surface area contributed by atoms with Gasteiger partial charge in [-0.15, -0.1) is 5.10 Å². The predicted octanol–water partition coefficient (Wildman–Crippen LogP) is 2.00. The summed E-state index contributed by atoms with van der Waals surface area (Å²) in [7, 11) is 1.77. The van der Waals surface area contributed by atoms with Crippen molar-refractivity contribution in [2.45, 2.75) is 25.8 Å². The molecule has 2 amide bonds. The molecule has 4 rings (SSSR count). The number of nitrogens with zero attached hydrogens (tertiary/aromatic N) is 6. The normalized spacial score (nSPS) is 14.7. The first-order chi connectivity index (χ1) is 14.4. The summed E-state index contributed by atoms with van der Waals surface area (Å²) in [5, 5.41) is 11.9. The lowest BCUT2D eigenvalue weighted by Crippen LogP contribution is -2.46. The SMILES string of the molecule is Cc1nc(C(=O)N2CCC(NC(=O)c3cnn(C)c3)CC2)nn1-c1ccccc1Cl. The first kappa shape index (κ1) is 20.1. The van der Waals surface area contributed by atoms with Crippen molar-refractivity contribution in [1.29, 1.82) is 0 Å². The number of halogens is 1. The fourth-order valence-electron chi connectivity index (χ4n) is 3.51. The summed E-state index contributed by atoms with van der Waals surface area (Å²) in [5.74, 6) is 0.361. The van der Waals surface area contributed by atoms with Crippen molar-refractivity contribution in [2.24, 2.45) is 7.05 Å². The first-order valence-corrected chi connectivity index (χ1v) is 10.1. The lowest BCUT2D eigenvalue weighted by molar-refractivity contribution is 0.0686. The quantitative estimate of drug-likeness (QED) is 0.686. The Morgan fingerprint density at radius 2 is 1.93 bits per heavy atom. The standard InChI is InChI=1S/C20H22ClN7O2/c1-13-23-18(25-28(13)17-6-4-3-5-16(17)21)20(30)27-9-7-15(8-10-27)24-19(29)14-11-22-26(2)12-14/h3-6,11-12,15H,7-10H2,1-2H3,(H,24,29). The third kappa shape index (κ3) is 4.06. The second-order valence-electron chi connectivity index (χ2n) is 7.29. The van der Waals surface area contributed by atoms with Crippen molar-refractivity contribution >= 4 is 23.4 Å². The van der Waals surface area contributed by atoms with Gasteiger partial charge in [-0.1, -0.05) is 23.7 Å². The minimum Gasteiger partial charge on any atom is -0.349 e. The molecule has 0 atom stereocenters. The second-order valence-corrected chi connectivity index (χ2v) is 7.70. The average molecular weight is 428 g/mol. The third-order valence-electron chi connectivity index (χ3n) is 5.13. The van der Waals surface area contributed by atoms with Crippen LogP contribution < -0.4 is 5.32 Å². The molecule has 30 heavy (non-hydrogen) atoms. The molecule has 1 N–H and O–H groups in total. The topological polar surface area (TPSA) is 97.9 Å². The van der Waals surface area contributed by atoms with Crippen LogP contribution in [-0.2, 0) is 7.05 Å². The van der Waals surface area contributed by atoms with Crippen LogP contribution in [-0.4, -0.2) is 60.4 Å². The monoisotopic (exact) mass is 427 g/mol. The van der Waals surface area contributed by atoms with Crippen molar-refractivity contribution in [3.63, 3.8) is 0 Å². The molecule has 1 saturated heterocycles. The number of aromatic nitrogens is 5. The molecule has 1 aliphatic heterocycles. The van der Waals surface area contributed by atoms with Crippen molar-refractivity contribution in [3.8, 4) is 5.69 Å². The zero-order chi connectivity index (χ0) is 21.3. The van der Waals surface area contributed by atoms with E-state index in [1.807, 2.05) is 18.2 Å². The Balaban J connectivity index is 1.38. The fraction of sp³-hybridized carbons (Fsp3) is 0.350. The summed E-state index contributed by atoms with van der Waals surface area (Å²) >= 11 is 6.25. The molecule has 156 valence electrons. The third-order valence-corrected chi connectivity index (χ3v) is 5.44. The van der Waals surface area contributed by atoms with Gasteiger partial charge in [0, 0.05) is 32.4 Å². The van der Waals surface area contributed by atoms with Gasteiger partial charge in [0.05, 0.1) is 22.5 Å². The summed E-state index contributed by atoms with van der Waals surface area (Å²) in [4.78, 5) is 31.2. The number of hydrogen-bond acceptors (Lipinski definition) is 5. The second kappa shape index (κ2) is 8.27. The van der Waals surface area contributed by atoms with E-state index in [1.54, 1.807) is 40.5 Å². The Labute approximate surface area is 178 Å². The van der Waals surface area contributed by atoms with E-state index in [2.05, 4.69) is 20.5 Å². The summed E-state index contributed by atoms with van der Waals surface area (Å²) in [6, 6.07) is 7.30. The largest absolute Gasteiger partial charge is 0.349 e. The van der Waals surface area contributed by atoms with Crippen LogP contribution in [0.25, 0.3) is 5.69 Å². The molecule has 0 bridgehead atoms. The van der Waals surface area contributed by atoms with E-state index >= 15 is 0 Å². The van der Waals surface area contributed by atoms with Crippen molar-refractivity contribution < 1.29 is 9.59 Å². The summed E-state index contributed by atoms with van der Waals surface area (Å²) < 4.78 is 3.17. The maximum atomic E-state index is 12.9.